The van der Waals surface area contributed by atoms with Gasteiger partial charge in [0.1, 0.15) is 0 Å². The first-order valence-corrected chi connectivity index (χ1v) is 9.62. The van der Waals surface area contributed by atoms with E-state index >= 15 is 0 Å². The van der Waals surface area contributed by atoms with E-state index in [1.165, 1.54) is 12.8 Å². The minimum Gasteiger partial charge on any atom is -0.265 e. The Morgan fingerprint density at radius 1 is 1.30 bits per heavy atom. The number of nitrogens with zero attached hydrogens (tertiary/aromatic N) is 1. The van der Waals surface area contributed by atoms with E-state index in [9.17, 15) is 8.42 Å². The largest absolute Gasteiger partial charge is 0.265 e. The summed E-state index contributed by atoms with van der Waals surface area (Å²) >= 11 is 3.63. The summed E-state index contributed by atoms with van der Waals surface area (Å²) in [6, 6.07) is 3.71. The summed E-state index contributed by atoms with van der Waals surface area (Å²) in [6.07, 6.45) is 8.47. The fourth-order valence-electron chi connectivity index (χ4n) is 2.53. The van der Waals surface area contributed by atoms with Crippen LogP contribution in [0, 0.1) is 5.92 Å². The summed E-state index contributed by atoms with van der Waals surface area (Å²) < 4.78 is 26.7. The lowest BCUT2D eigenvalue weighted by Gasteiger charge is -2.25. The molecule has 1 aliphatic rings. The van der Waals surface area contributed by atoms with Crippen LogP contribution in [0.5, 0.6) is 0 Å². The zero-order valence-electron chi connectivity index (χ0n) is 11.5. The van der Waals surface area contributed by atoms with Gasteiger partial charge in [-0.15, -0.1) is 0 Å². The smallest absolute Gasteiger partial charge is 0.211 e. The van der Waals surface area contributed by atoms with Gasteiger partial charge < -0.3 is 0 Å². The van der Waals surface area contributed by atoms with Gasteiger partial charge in [0.15, 0.2) is 0 Å². The van der Waals surface area contributed by atoms with E-state index in [0.717, 1.165) is 18.4 Å². The van der Waals surface area contributed by atoms with Crippen molar-refractivity contribution in [3.05, 3.63) is 30.1 Å². The van der Waals surface area contributed by atoms with E-state index in [4.69, 9.17) is 0 Å². The molecule has 1 heterocycles. The van der Waals surface area contributed by atoms with Crippen molar-refractivity contribution in [3.8, 4) is 0 Å². The molecule has 0 aliphatic heterocycles. The van der Waals surface area contributed by atoms with Crippen LogP contribution in [0.4, 0.5) is 0 Å². The summed E-state index contributed by atoms with van der Waals surface area (Å²) in [5.74, 6) is 0.602. The highest BCUT2D eigenvalue weighted by molar-refractivity contribution is 9.09. The van der Waals surface area contributed by atoms with Gasteiger partial charge in [-0.25, -0.2) is 13.1 Å². The summed E-state index contributed by atoms with van der Waals surface area (Å²) in [6.45, 7) is 0.570. The number of rotatable bonds is 6. The molecular formula is C14H21BrN2O2S. The SMILES string of the molecule is O=S(=O)(CCc1ccncc1)NCC1CCCC(Br)C1. The van der Waals surface area contributed by atoms with E-state index < -0.39 is 10.0 Å². The lowest BCUT2D eigenvalue weighted by molar-refractivity contribution is 0.368. The number of aryl methyl sites for hydroxylation is 1. The van der Waals surface area contributed by atoms with E-state index in [0.29, 0.717) is 23.7 Å². The maximum Gasteiger partial charge on any atom is 0.211 e. The van der Waals surface area contributed by atoms with E-state index in [-0.39, 0.29) is 5.75 Å². The standard InChI is InChI=1S/C14H21BrN2O2S/c15-14-3-1-2-13(10-14)11-17-20(18,19)9-6-12-4-7-16-8-5-12/h4-5,7-8,13-14,17H,1-3,6,9-11H2. The fraction of sp³-hybridized carbons (Fsp3) is 0.643. The van der Waals surface area contributed by atoms with Gasteiger partial charge in [0.25, 0.3) is 0 Å². The summed E-state index contributed by atoms with van der Waals surface area (Å²) in [4.78, 5) is 4.47. The first kappa shape index (κ1) is 15.9. The quantitative estimate of drug-likeness (QED) is 0.792. The van der Waals surface area contributed by atoms with Crippen LogP contribution in [-0.2, 0) is 16.4 Å². The highest BCUT2D eigenvalue weighted by Gasteiger charge is 2.21. The Hall–Kier alpha value is -0.460. The molecule has 20 heavy (non-hydrogen) atoms. The summed E-state index contributed by atoms with van der Waals surface area (Å²) in [5, 5.41) is 0. The minimum atomic E-state index is -3.18. The Labute approximate surface area is 129 Å². The highest BCUT2D eigenvalue weighted by Crippen LogP contribution is 2.28. The van der Waals surface area contributed by atoms with Gasteiger partial charge in [-0.1, -0.05) is 22.4 Å². The van der Waals surface area contributed by atoms with E-state index in [1.807, 2.05) is 12.1 Å². The van der Waals surface area contributed by atoms with Crippen LogP contribution < -0.4 is 4.72 Å². The van der Waals surface area contributed by atoms with Crippen LogP contribution in [0.3, 0.4) is 0 Å². The van der Waals surface area contributed by atoms with Gasteiger partial charge in [0.05, 0.1) is 5.75 Å². The molecule has 4 nitrogen and oxygen atoms in total. The first-order chi connectivity index (χ1) is 9.55. The van der Waals surface area contributed by atoms with Gasteiger partial charge in [-0.3, -0.25) is 4.98 Å². The second kappa shape index (κ2) is 7.52. The number of pyridine rings is 1. The predicted molar refractivity (Wildman–Crippen MR) is 84.4 cm³/mol. The maximum absolute atomic E-state index is 12.0. The lowest BCUT2D eigenvalue weighted by atomic mass is 9.89. The molecule has 2 atom stereocenters. The molecule has 1 saturated carbocycles. The van der Waals surface area contributed by atoms with Crippen molar-refractivity contribution in [2.75, 3.05) is 12.3 Å². The summed E-state index contributed by atoms with van der Waals surface area (Å²) in [5.41, 5.74) is 1.00. The third-order valence-corrected chi connectivity index (χ3v) is 5.90. The Balaban J connectivity index is 1.76. The molecule has 0 radical (unpaired) electrons. The number of hydrogen-bond acceptors (Lipinski definition) is 3. The number of alkyl halides is 1. The Morgan fingerprint density at radius 2 is 2.05 bits per heavy atom. The monoisotopic (exact) mass is 360 g/mol. The molecular weight excluding hydrogens is 340 g/mol. The normalized spacial score (nSPS) is 23.6. The van der Waals surface area contributed by atoms with Crippen LogP contribution in [-0.4, -0.2) is 30.5 Å². The van der Waals surface area contributed by atoms with Crippen LogP contribution in [0.15, 0.2) is 24.5 Å². The number of halogens is 1. The molecule has 112 valence electrons. The first-order valence-electron chi connectivity index (χ1n) is 7.05. The van der Waals surface area contributed by atoms with Gasteiger partial charge >= 0.3 is 0 Å². The average molecular weight is 361 g/mol. The molecule has 0 amide bonds. The van der Waals surface area contributed by atoms with Crippen molar-refractivity contribution in [1.82, 2.24) is 9.71 Å². The zero-order chi connectivity index (χ0) is 14.4. The average Bonchev–Trinajstić information content (AvgIpc) is 2.45. The van der Waals surface area contributed by atoms with Gasteiger partial charge in [-0.2, -0.15) is 0 Å². The van der Waals surface area contributed by atoms with E-state index in [1.54, 1.807) is 12.4 Å². The molecule has 1 N–H and O–H groups in total. The van der Waals surface area contributed by atoms with E-state index in [2.05, 4.69) is 25.6 Å². The predicted octanol–water partition coefficient (Wildman–Crippen LogP) is 2.50. The molecule has 1 aromatic rings. The number of nitrogens with one attached hydrogen (secondary N) is 1. The minimum absolute atomic E-state index is 0.140. The molecule has 0 spiro atoms. The van der Waals surface area contributed by atoms with Crippen LogP contribution in [0.1, 0.15) is 31.2 Å². The zero-order valence-corrected chi connectivity index (χ0v) is 13.9. The third kappa shape index (κ3) is 5.50. The Kier molecular flexibility index (Phi) is 5.99. The molecule has 1 aliphatic carbocycles. The molecule has 6 heteroatoms. The lowest BCUT2D eigenvalue weighted by Crippen LogP contribution is -2.33. The Morgan fingerprint density at radius 3 is 2.75 bits per heavy atom. The number of aromatic nitrogens is 1. The molecule has 2 rings (SSSR count). The van der Waals surface area contributed by atoms with Gasteiger partial charge in [-0.05, 0) is 49.3 Å². The number of hydrogen-bond donors (Lipinski definition) is 1. The molecule has 1 aromatic heterocycles. The van der Waals surface area contributed by atoms with Crippen molar-refractivity contribution in [1.29, 1.82) is 0 Å². The van der Waals surface area contributed by atoms with Crippen LogP contribution >= 0.6 is 15.9 Å². The van der Waals surface area contributed by atoms with Crippen LogP contribution in [0.2, 0.25) is 0 Å². The second-order valence-electron chi connectivity index (χ2n) is 5.40. The third-order valence-electron chi connectivity index (χ3n) is 3.72. The molecule has 0 bridgehead atoms. The number of sulfonamides is 1. The molecule has 2 unspecified atom stereocenters. The molecule has 0 saturated heterocycles. The van der Waals surface area contributed by atoms with Gasteiger partial charge in [0, 0.05) is 23.8 Å². The van der Waals surface area contributed by atoms with Crippen LogP contribution in [0.25, 0.3) is 0 Å². The van der Waals surface area contributed by atoms with Gasteiger partial charge in [0.2, 0.25) is 10.0 Å². The van der Waals surface area contributed by atoms with Crippen molar-refractivity contribution >= 4 is 26.0 Å². The fourth-order valence-corrected chi connectivity index (χ4v) is 4.52. The van der Waals surface area contributed by atoms with Crippen molar-refractivity contribution in [2.24, 2.45) is 5.92 Å². The highest BCUT2D eigenvalue weighted by atomic mass is 79.9. The topological polar surface area (TPSA) is 59.1 Å². The Bertz CT molecular complexity index is 507. The van der Waals surface area contributed by atoms with Crippen molar-refractivity contribution < 1.29 is 8.42 Å². The van der Waals surface area contributed by atoms with Crippen molar-refractivity contribution in [2.45, 2.75) is 36.9 Å². The summed E-state index contributed by atoms with van der Waals surface area (Å²) in [7, 11) is -3.18. The molecule has 1 fully saturated rings. The second-order valence-corrected chi connectivity index (χ2v) is 8.62. The maximum atomic E-state index is 12.0. The molecule has 0 aromatic carbocycles. The van der Waals surface area contributed by atoms with Crippen molar-refractivity contribution in [3.63, 3.8) is 0 Å².